The van der Waals surface area contributed by atoms with Gasteiger partial charge in [0, 0.05) is 11.4 Å². The number of rotatable bonds is 2. The van der Waals surface area contributed by atoms with Crippen LogP contribution in [-0.4, -0.2) is 0 Å². The number of nitrogens with one attached hydrogen (secondary N) is 1. The lowest BCUT2D eigenvalue weighted by Gasteiger charge is -2.05. The van der Waals surface area contributed by atoms with E-state index in [1.165, 1.54) is 5.56 Å². The van der Waals surface area contributed by atoms with Crippen LogP contribution < -0.4 is 5.32 Å². The zero-order valence-electron chi connectivity index (χ0n) is 10.2. The maximum atomic E-state index is 3.33. The van der Waals surface area contributed by atoms with Crippen molar-refractivity contribution in [2.75, 3.05) is 5.32 Å². The second-order valence-electron chi connectivity index (χ2n) is 3.36. The Kier molecular flexibility index (Phi) is 7.53. The van der Waals surface area contributed by atoms with E-state index in [0.29, 0.717) is 0 Å². The summed E-state index contributed by atoms with van der Waals surface area (Å²) in [6, 6.07) is 18.5. The zero-order chi connectivity index (χ0) is 11.8. The fraction of sp³-hybridized carbons (Fsp3) is 0.250. The van der Waals surface area contributed by atoms with Crippen molar-refractivity contribution in [3.63, 3.8) is 0 Å². The van der Waals surface area contributed by atoms with Gasteiger partial charge in [-0.05, 0) is 31.2 Å². The van der Waals surface area contributed by atoms with E-state index in [9.17, 15) is 0 Å². The third-order valence-corrected chi connectivity index (χ3v) is 2.11. The van der Waals surface area contributed by atoms with Gasteiger partial charge in [0.2, 0.25) is 0 Å². The van der Waals surface area contributed by atoms with Gasteiger partial charge in [0.1, 0.15) is 0 Å². The first kappa shape index (κ1) is 15.2. The normalized spacial score (nSPS) is 8.41. The summed E-state index contributed by atoms with van der Waals surface area (Å²) < 4.78 is 0. The predicted molar refractivity (Wildman–Crippen MR) is 79.0 cm³/mol. The summed E-state index contributed by atoms with van der Waals surface area (Å²) in [6.07, 6.45) is 0. The van der Waals surface area contributed by atoms with Gasteiger partial charge in [-0.3, -0.25) is 0 Å². The number of benzene rings is 2. The number of para-hydroxylation sites is 1. The lowest BCUT2D eigenvalue weighted by molar-refractivity contribution is 1.45. The van der Waals surface area contributed by atoms with Gasteiger partial charge in [-0.1, -0.05) is 57.2 Å². The molecule has 0 saturated heterocycles. The lowest BCUT2D eigenvalue weighted by Crippen LogP contribution is -1.88. The van der Waals surface area contributed by atoms with E-state index in [4.69, 9.17) is 0 Å². The minimum Gasteiger partial charge on any atom is -0.356 e. The van der Waals surface area contributed by atoms with Crippen molar-refractivity contribution < 1.29 is 0 Å². The van der Waals surface area contributed by atoms with Crippen molar-refractivity contribution in [2.45, 2.75) is 28.2 Å². The van der Waals surface area contributed by atoms with Crippen LogP contribution in [0.2, 0.25) is 0 Å². The quantitative estimate of drug-likeness (QED) is 0.727. The smallest absolute Gasteiger partial charge is 0.0384 e. The van der Waals surface area contributed by atoms with Gasteiger partial charge in [-0.2, -0.15) is 0 Å². The molecule has 0 aliphatic rings. The molecule has 0 spiro atoms. The maximum Gasteiger partial charge on any atom is 0.0384 e. The van der Waals surface area contributed by atoms with Gasteiger partial charge >= 0.3 is 0 Å². The Bertz CT molecular complexity index is 390. The topological polar surface area (TPSA) is 12.0 Å². The van der Waals surface area contributed by atoms with Crippen molar-refractivity contribution in [3.8, 4) is 0 Å². The molecule has 92 valence electrons. The molecule has 0 atom stereocenters. The molecule has 2 aromatic rings. The molecule has 17 heavy (non-hydrogen) atoms. The van der Waals surface area contributed by atoms with Gasteiger partial charge in [0.05, 0.1) is 0 Å². The Morgan fingerprint density at radius 2 is 1.18 bits per heavy atom. The molecule has 0 bridgehead atoms. The molecule has 0 fully saturated rings. The molecule has 0 amide bonds. The maximum absolute atomic E-state index is 3.33. The van der Waals surface area contributed by atoms with E-state index in [1.54, 1.807) is 0 Å². The van der Waals surface area contributed by atoms with Crippen LogP contribution in [0, 0.1) is 6.92 Å². The highest BCUT2D eigenvalue weighted by Gasteiger charge is 1.91. The highest BCUT2D eigenvalue weighted by atomic mass is 14.9. The molecule has 1 heteroatoms. The van der Waals surface area contributed by atoms with Crippen LogP contribution in [0.3, 0.4) is 0 Å². The van der Waals surface area contributed by atoms with Crippen LogP contribution in [0.4, 0.5) is 11.4 Å². The third kappa shape index (κ3) is 5.21. The van der Waals surface area contributed by atoms with E-state index < -0.39 is 0 Å². The minimum absolute atomic E-state index is 0. The minimum atomic E-state index is 0. The Morgan fingerprint density at radius 3 is 1.71 bits per heavy atom. The van der Waals surface area contributed by atoms with Crippen LogP contribution in [0.1, 0.15) is 26.8 Å². The second kappa shape index (κ2) is 8.40. The first-order chi connectivity index (χ1) is 7.84. The van der Waals surface area contributed by atoms with Crippen LogP contribution in [-0.2, 0) is 0 Å². The summed E-state index contributed by atoms with van der Waals surface area (Å²) in [5.74, 6) is 0. The van der Waals surface area contributed by atoms with Gasteiger partial charge in [-0.15, -0.1) is 0 Å². The summed E-state index contributed by atoms with van der Waals surface area (Å²) in [5.41, 5.74) is 3.53. The molecule has 2 rings (SSSR count). The number of anilines is 2. The average molecular weight is 229 g/mol. The fourth-order valence-corrected chi connectivity index (χ4v) is 1.33. The Morgan fingerprint density at radius 1 is 0.706 bits per heavy atom. The Labute approximate surface area is 106 Å². The van der Waals surface area contributed by atoms with Gasteiger partial charge in [-0.25, -0.2) is 0 Å². The summed E-state index contributed by atoms with van der Waals surface area (Å²) in [6.45, 7) is 6.09. The van der Waals surface area contributed by atoms with Gasteiger partial charge in [0.25, 0.3) is 0 Å². The second-order valence-corrected chi connectivity index (χ2v) is 3.36. The summed E-state index contributed by atoms with van der Waals surface area (Å²) in [7, 11) is 0. The van der Waals surface area contributed by atoms with Crippen LogP contribution in [0.25, 0.3) is 0 Å². The molecular weight excluding hydrogens is 206 g/mol. The molecule has 0 heterocycles. The third-order valence-electron chi connectivity index (χ3n) is 2.11. The van der Waals surface area contributed by atoms with E-state index in [1.807, 2.05) is 32.0 Å². The van der Waals surface area contributed by atoms with E-state index in [-0.39, 0.29) is 7.43 Å². The molecular formula is C16H23N. The van der Waals surface area contributed by atoms with Crippen molar-refractivity contribution in [1.29, 1.82) is 0 Å². The lowest BCUT2D eigenvalue weighted by atomic mass is 10.2. The first-order valence-corrected chi connectivity index (χ1v) is 5.73. The van der Waals surface area contributed by atoms with Gasteiger partial charge < -0.3 is 5.32 Å². The molecule has 1 N–H and O–H groups in total. The summed E-state index contributed by atoms with van der Waals surface area (Å²) >= 11 is 0. The molecule has 0 radical (unpaired) electrons. The van der Waals surface area contributed by atoms with Gasteiger partial charge in [0.15, 0.2) is 0 Å². The molecule has 1 nitrogen and oxygen atoms in total. The molecule has 0 aliphatic heterocycles. The molecule has 0 aliphatic carbocycles. The molecule has 0 saturated carbocycles. The molecule has 0 aromatic heterocycles. The summed E-state index contributed by atoms with van der Waals surface area (Å²) in [5, 5.41) is 3.33. The number of aryl methyl sites for hydroxylation is 1. The largest absolute Gasteiger partial charge is 0.356 e. The molecule has 0 unspecified atom stereocenters. The fourth-order valence-electron chi connectivity index (χ4n) is 1.33. The highest BCUT2D eigenvalue weighted by Crippen LogP contribution is 2.15. The number of hydrogen-bond acceptors (Lipinski definition) is 1. The van der Waals surface area contributed by atoms with Crippen molar-refractivity contribution in [2.24, 2.45) is 0 Å². The average Bonchev–Trinajstić information content (AvgIpc) is 2.36. The van der Waals surface area contributed by atoms with E-state index in [2.05, 4.69) is 48.6 Å². The Hall–Kier alpha value is -1.76. The summed E-state index contributed by atoms with van der Waals surface area (Å²) in [4.78, 5) is 0. The Balaban J connectivity index is 0.000000811. The SMILES string of the molecule is C.CC.Cc1ccc(Nc2ccccc2)cc1. The van der Waals surface area contributed by atoms with Crippen molar-refractivity contribution in [3.05, 3.63) is 60.2 Å². The van der Waals surface area contributed by atoms with E-state index >= 15 is 0 Å². The van der Waals surface area contributed by atoms with Crippen LogP contribution in [0.15, 0.2) is 54.6 Å². The standard InChI is InChI=1S/C13H13N.C2H6.CH4/c1-11-7-9-13(10-8-11)14-12-5-3-2-4-6-12;1-2;/h2-10,14H,1H3;1-2H3;1H4. The number of hydrogen-bond donors (Lipinski definition) is 1. The van der Waals surface area contributed by atoms with Crippen LogP contribution >= 0.6 is 0 Å². The predicted octanol–water partition coefficient (Wildman–Crippen LogP) is 5.40. The highest BCUT2D eigenvalue weighted by molar-refractivity contribution is 5.59. The van der Waals surface area contributed by atoms with Crippen molar-refractivity contribution >= 4 is 11.4 Å². The monoisotopic (exact) mass is 229 g/mol. The zero-order valence-corrected chi connectivity index (χ0v) is 10.2. The van der Waals surface area contributed by atoms with Crippen LogP contribution in [0.5, 0.6) is 0 Å². The first-order valence-electron chi connectivity index (χ1n) is 5.73. The van der Waals surface area contributed by atoms with E-state index in [0.717, 1.165) is 11.4 Å². The molecule has 2 aromatic carbocycles. The van der Waals surface area contributed by atoms with Crippen molar-refractivity contribution in [1.82, 2.24) is 0 Å².